The molecule has 2 saturated carbocycles. The second-order valence-corrected chi connectivity index (χ2v) is 11.2. The van der Waals surface area contributed by atoms with Crippen LogP contribution in [-0.4, -0.2) is 34.5 Å². The van der Waals surface area contributed by atoms with E-state index >= 15 is 0 Å². The lowest BCUT2D eigenvalue weighted by molar-refractivity contribution is 0.0412. The fourth-order valence-electron chi connectivity index (χ4n) is 7.72. The van der Waals surface area contributed by atoms with E-state index in [1.807, 2.05) is 0 Å². The number of aromatic nitrogens is 1. The Bertz CT molecular complexity index is 966. The van der Waals surface area contributed by atoms with Gasteiger partial charge in [0, 0.05) is 24.7 Å². The van der Waals surface area contributed by atoms with Crippen molar-refractivity contribution < 1.29 is 14.9 Å². The number of nitrogens with one attached hydrogen (secondary N) is 1. The van der Waals surface area contributed by atoms with E-state index in [2.05, 4.69) is 30.4 Å². The molecule has 5 atom stereocenters. The zero-order valence-corrected chi connectivity index (χ0v) is 20.9. The molecule has 2 unspecified atom stereocenters. The van der Waals surface area contributed by atoms with Crippen LogP contribution in [0.5, 0.6) is 17.5 Å². The first-order valence-corrected chi connectivity index (χ1v) is 13.5. The van der Waals surface area contributed by atoms with Crippen molar-refractivity contribution in [3.63, 3.8) is 0 Å². The van der Waals surface area contributed by atoms with E-state index in [0.717, 1.165) is 42.9 Å². The lowest BCUT2D eigenvalue weighted by Gasteiger charge is -2.51. The van der Waals surface area contributed by atoms with Crippen LogP contribution < -0.4 is 10.1 Å². The molecule has 5 rings (SSSR count). The fourth-order valence-corrected chi connectivity index (χ4v) is 7.72. The smallest absolute Gasteiger partial charge is 0.193 e. The molecule has 3 aliphatic carbocycles. The van der Waals surface area contributed by atoms with Gasteiger partial charge in [-0.1, -0.05) is 25.8 Å². The summed E-state index contributed by atoms with van der Waals surface area (Å²) in [5.74, 6) is 3.74. The standard InChI is InChI=1S/C29H42N2O3/c1-29-16-15-23-22-10-8-21(34-2)19-20(22)7-9-24(23)25(29)11-12-26(29)30-17-5-3-4-6-18-31-27(32)13-14-28(31)33/h8,10,13-14,19,23-26,30,32-33H,3-7,9,11-12,15-18H2,1-2H3/t23?,24-,25?,26+,29+/m1/s1. The monoisotopic (exact) mass is 466 g/mol. The average Bonchev–Trinajstić information content (AvgIpc) is 3.36. The van der Waals surface area contributed by atoms with Gasteiger partial charge >= 0.3 is 0 Å². The van der Waals surface area contributed by atoms with Crippen molar-refractivity contribution in [3.05, 3.63) is 41.5 Å². The number of fused-ring (bicyclic) bond motifs is 5. The molecule has 34 heavy (non-hydrogen) atoms. The molecular weight excluding hydrogens is 424 g/mol. The van der Waals surface area contributed by atoms with Gasteiger partial charge in [0.1, 0.15) is 5.75 Å². The summed E-state index contributed by atoms with van der Waals surface area (Å²) in [6.07, 6.45) is 12.4. The largest absolute Gasteiger partial charge is 0.497 e. The molecule has 0 aliphatic heterocycles. The zero-order chi connectivity index (χ0) is 23.7. The van der Waals surface area contributed by atoms with Crippen LogP contribution in [0.3, 0.4) is 0 Å². The maximum absolute atomic E-state index is 9.74. The number of benzene rings is 1. The molecule has 1 aromatic carbocycles. The van der Waals surface area contributed by atoms with E-state index in [-0.39, 0.29) is 11.8 Å². The minimum absolute atomic E-state index is 0.152. The van der Waals surface area contributed by atoms with Crippen LogP contribution in [0, 0.1) is 17.3 Å². The second kappa shape index (κ2) is 9.85. The normalized spacial score (nSPS) is 29.9. The molecule has 2 fully saturated rings. The van der Waals surface area contributed by atoms with Gasteiger partial charge in [-0.15, -0.1) is 0 Å². The molecule has 1 aromatic heterocycles. The van der Waals surface area contributed by atoms with E-state index < -0.39 is 0 Å². The summed E-state index contributed by atoms with van der Waals surface area (Å²) in [7, 11) is 1.77. The summed E-state index contributed by atoms with van der Waals surface area (Å²) < 4.78 is 7.06. The first-order valence-electron chi connectivity index (χ1n) is 13.5. The highest BCUT2D eigenvalue weighted by atomic mass is 16.5. The third-order valence-electron chi connectivity index (χ3n) is 9.57. The van der Waals surface area contributed by atoms with Gasteiger partial charge in [0.05, 0.1) is 7.11 Å². The predicted octanol–water partition coefficient (Wildman–Crippen LogP) is 5.98. The van der Waals surface area contributed by atoms with Crippen LogP contribution in [0.15, 0.2) is 30.3 Å². The maximum Gasteiger partial charge on any atom is 0.193 e. The van der Waals surface area contributed by atoms with Crippen molar-refractivity contribution in [1.82, 2.24) is 9.88 Å². The Kier molecular flexibility index (Phi) is 6.83. The van der Waals surface area contributed by atoms with Gasteiger partial charge in [-0.3, -0.25) is 4.57 Å². The van der Waals surface area contributed by atoms with Crippen molar-refractivity contribution in [1.29, 1.82) is 0 Å². The van der Waals surface area contributed by atoms with Crippen molar-refractivity contribution in [2.75, 3.05) is 13.7 Å². The zero-order valence-electron chi connectivity index (χ0n) is 20.9. The van der Waals surface area contributed by atoms with Crippen LogP contribution >= 0.6 is 0 Å². The number of aryl methyl sites for hydroxylation is 1. The molecule has 0 amide bonds. The summed E-state index contributed by atoms with van der Waals surface area (Å²) in [6, 6.07) is 10.6. The van der Waals surface area contributed by atoms with E-state index in [0.29, 0.717) is 18.0 Å². The summed E-state index contributed by atoms with van der Waals surface area (Å²) in [5.41, 5.74) is 3.57. The Hall–Kier alpha value is -2.14. The van der Waals surface area contributed by atoms with Gasteiger partial charge in [-0.2, -0.15) is 0 Å². The second-order valence-electron chi connectivity index (χ2n) is 11.2. The SMILES string of the molecule is COc1ccc2c(c1)CC[C@@H]1C2CC[C@@]2(C)C1CC[C@@H]2NCCCCCCn1c(O)ccc1O. The Morgan fingerprint density at radius 3 is 2.59 bits per heavy atom. The molecule has 3 N–H and O–H groups in total. The summed E-state index contributed by atoms with van der Waals surface area (Å²) in [4.78, 5) is 0. The summed E-state index contributed by atoms with van der Waals surface area (Å²) in [6.45, 7) is 4.36. The molecule has 5 nitrogen and oxygen atoms in total. The van der Waals surface area contributed by atoms with Gasteiger partial charge in [-0.25, -0.2) is 0 Å². The number of hydrogen-bond acceptors (Lipinski definition) is 4. The van der Waals surface area contributed by atoms with E-state index in [4.69, 9.17) is 4.74 Å². The predicted molar refractivity (Wildman–Crippen MR) is 136 cm³/mol. The van der Waals surface area contributed by atoms with Gasteiger partial charge < -0.3 is 20.3 Å². The highest BCUT2D eigenvalue weighted by Crippen LogP contribution is 2.61. The molecule has 0 bridgehead atoms. The Balaban J connectivity index is 1.09. The van der Waals surface area contributed by atoms with Crippen LogP contribution in [0.25, 0.3) is 0 Å². The van der Waals surface area contributed by atoms with Crippen molar-refractivity contribution in [3.8, 4) is 17.5 Å². The molecule has 1 heterocycles. The Labute approximate surface area is 204 Å². The highest BCUT2D eigenvalue weighted by molar-refractivity contribution is 5.40. The number of rotatable bonds is 9. The quantitative estimate of drug-likeness (QED) is 0.398. The first kappa shape index (κ1) is 23.6. The molecule has 0 radical (unpaired) electrons. The van der Waals surface area contributed by atoms with Crippen molar-refractivity contribution in [2.45, 2.75) is 89.6 Å². The summed E-state index contributed by atoms with van der Waals surface area (Å²) in [5, 5.41) is 23.5. The number of unbranched alkanes of at least 4 members (excludes halogenated alkanes) is 3. The number of ether oxygens (including phenoxy) is 1. The number of aromatic hydroxyl groups is 2. The average molecular weight is 467 g/mol. The van der Waals surface area contributed by atoms with Crippen LogP contribution in [0.1, 0.15) is 81.8 Å². The minimum Gasteiger partial charge on any atom is -0.497 e. The minimum atomic E-state index is 0.152. The molecular formula is C29H42N2O3. The van der Waals surface area contributed by atoms with Gasteiger partial charge in [0.2, 0.25) is 0 Å². The Morgan fingerprint density at radius 1 is 1.00 bits per heavy atom. The van der Waals surface area contributed by atoms with Gasteiger partial charge in [0.15, 0.2) is 11.8 Å². The van der Waals surface area contributed by atoms with E-state index in [1.54, 1.807) is 29.4 Å². The molecule has 2 aromatic rings. The molecule has 0 spiro atoms. The van der Waals surface area contributed by atoms with Crippen LogP contribution in [0.2, 0.25) is 0 Å². The van der Waals surface area contributed by atoms with E-state index in [1.165, 1.54) is 56.9 Å². The first-order chi connectivity index (χ1) is 16.5. The van der Waals surface area contributed by atoms with E-state index in [9.17, 15) is 10.2 Å². The third-order valence-corrected chi connectivity index (χ3v) is 9.57. The van der Waals surface area contributed by atoms with Gasteiger partial charge in [-0.05, 0) is 104 Å². The molecule has 186 valence electrons. The molecule has 5 heteroatoms. The molecule has 0 saturated heterocycles. The fraction of sp³-hybridized carbons (Fsp3) is 0.655. The van der Waals surface area contributed by atoms with Crippen molar-refractivity contribution >= 4 is 0 Å². The lowest BCUT2D eigenvalue weighted by atomic mass is 9.55. The summed E-state index contributed by atoms with van der Waals surface area (Å²) >= 11 is 0. The third kappa shape index (κ3) is 4.32. The van der Waals surface area contributed by atoms with Gasteiger partial charge in [0.25, 0.3) is 0 Å². The number of hydrogen-bond donors (Lipinski definition) is 3. The highest BCUT2D eigenvalue weighted by Gasteiger charge is 2.54. The topological polar surface area (TPSA) is 66.7 Å². The van der Waals surface area contributed by atoms with Crippen LogP contribution in [-0.2, 0) is 13.0 Å². The molecule has 3 aliphatic rings. The van der Waals surface area contributed by atoms with Crippen LogP contribution in [0.4, 0.5) is 0 Å². The lowest BCUT2D eigenvalue weighted by Crippen LogP contribution is -2.48. The van der Waals surface area contributed by atoms with Crippen molar-refractivity contribution in [2.24, 2.45) is 17.3 Å². The number of nitrogens with zero attached hydrogens (tertiary/aromatic N) is 1. The number of methoxy groups -OCH3 is 1. The maximum atomic E-state index is 9.74. The Morgan fingerprint density at radius 2 is 1.79 bits per heavy atom.